The first kappa shape index (κ1) is 14.1. The van der Waals surface area contributed by atoms with Crippen molar-refractivity contribution in [3.05, 3.63) is 0 Å². The van der Waals surface area contributed by atoms with E-state index in [4.69, 9.17) is 9.84 Å². The summed E-state index contributed by atoms with van der Waals surface area (Å²) in [6.07, 6.45) is 0.972. The monoisotopic (exact) mass is 270 g/mol. The van der Waals surface area contributed by atoms with Gasteiger partial charge in [0, 0.05) is 12.6 Å². The summed E-state index contributed by atoms with van der Waals surface area (Å²) in [5.41, 5.74) is 0.160. The number of rotatable bonds is 4. The summed E-state index contributed by atoms with van der Waals surface area (Å²) in [6.45, 7) is 7.02. The lowest BCUT2D eigenvalue weighted by molar-refractivity contribution is -0.142. The zero-order chi connectivity index (χ0) is 14.2. The van der Waals surface area contributed by atoms with Crippen LogP contribution in [0.25, 0.3) is 0 Å². The predicted octanol–water partition coefficient (Wildman–Crippen LogP) is 0.916. The topological polar surface area (TPSA) is 78.9 Å². The molecule has 0 aromatic heterocycles. The van der Waals surface area contributed by atoms with E-state index in [1.54, 1.807) is 4.90 Å². The van der Waals surface area contributed by atoms with Crippen molar-refractivity contribution in [2.45, 2.75) is 39.3 Å². The summed E-state index contributed by atoms with van der Waals surface area (Å²) < 4.78 is 5.22. The van der Waals surface area contributed by atoms with Crippen LogP contribution in [0.5, 0.6) is 0 Å². The lowest BCUT2D eigenvalue weighted by Crippen LogP contribution is -2.51. The molecule has 2 rings (SSSR count). The molecule has 0 aromatic carbocycles. The Bertz CT molecular complexity index is 383. The zero-order valence-electron chi connectivity index (χ0n) is 11.7. The highest BCUT2D eigenvalue weighted by molar-refractivity contribution is 5.78. The molecule has 1 saturated carbocycles. The first-order valence-corrected chi connectivity index (χ1v) is 6.74. The highest BCUT2D eigenvalue weighted by Gasteiger charge is 2.48. The van der Waals surface area contributed by atoms with Gasteiger partial charge in [0.25, 0.3) is 0 Å². The Morgan fingerprint density at radius 1 is 1.42 bits per heavy atom. The minimum Gasteiger partial charge on any atom is -0.481 e. The lowest BCUT2D eigenvalue weighted by Gasteiger charge is -2.29. The minimum absolute atomic E-state index is 0.160. The van der Waals surface area contributed by atoms with Crippen LogP contribution in [0.1, 0.15) is 27.2 Å². The molecule has 6 nitrogen and oxygen atoms in total. The predicted molar refractivity (Wildman–Crippen MR) is 68.8 cm³/mol. The van der Waals surface area contributed by atoms with Gasteiger partial charge in [-0.05, 0) is 18.8 Å². The summed E-state index contributed by atoms with van der Waals surface area (Å²) in [5, 5.41) is 12.1. The molecule has 0 bridgehead atoms. The van der Waals surface area contributed by atoms with Crippen LogP contribution < -0.4 is 5.32 Å². The van der Waals surface area contributed by atoms with Crippen LogP contribution in [0.2, 0.25) is 0 Å². The van der Waals surface area contributed by atoms with Gasteiger partial charge < -0.3 is 20.1 Å². The Kier molecular flexibility index (Phi) is 3.71. The Hall–Kier alpha value is -1.30. The number of carboxylic acid groups (broad SMARTS) is 1. The van der Waals surface area contributed by atoms with Gasteiger partial charge in [-0.1, -0.05) is 13.8 Å². The first-order chi connectivity index (χ1) is 8.86. The molecule has 3 unspecified atom stereocenters. The number of hydrogen-bond acceptors (Lipinski definition) is 3. The van der Waals surface area contributed by atoms with Gasteiger partial charge in [-0.2, -0.15) is 0 Å². The Morgan fingerprint density at radius 2 is 2.05 bits per heavy atom. The van der Waals surface area contributed by atoms with Crippen molar-refractivity contribution < 1.29 is 19.4 Å². The van der Waals surface area contributed by atoms with E-state index in [0.717, 1.165) is 6.42 Å². The zero-order valence-corrected chi connectivity index (χ0v) is 11.7. The van der Waals surface area contributed by atoms with E-state index in [0.29, 0.717) is 13.2 Å². The van der Waals surface area contributed by atoms with Crippen LogP contribution in [-0.4, -0.2) is 53.8 Å². The molecule has 108 valence electrons. The summed E-state index contributed by atoms with van der Waals surface area (Å²) in [6, 6.07) is -0.358. The molecule has 3 atom stereocenters. The van der Waals surface area contributed by atoms with Gasteiger partial charge in [-0.15, -0.1) is 0 Å². The normalized spacial score (nSPS) is 31.8. The maximum absolute atomic E-state index is 12.2. The van der Waals surface area contributed by atoms with Gasteiger partial charge in [0.05, 0.1) is 19.3 Å². The molecule has 2 aliphatic rings. The van der Waals surface area contributed by atoms with Crippen molar-refractivity contribution in [3.8, 4) is 0 Å². The van der Waals surface area contributed by atoms with Crippen molar-refractivity contribution in [3.63, 3.8) is 0 Å². The fraction of sp³-hybridized carbons (Fsp3) is 0.846. The number of ether oxygens (including phenoxy) is 1. The van der Waals surface area contributed by atoms with Crippen molar-refractivity contribution in [1.29, 1.82) is 0 Å². The van der Waals surface area contributed by atoms with Gasteiger partial charge in [0.15, 0.2) is 0 Å². The Balaban J connectivity index is 1.99. The number of amides is 2. The molecule has 2 N–H and O–H groups in total. The van der Waals surface area contributed by atoms with Crippen LogP contribution in [0, 0.1) is 11.3 Å². The lowest BCUT2D eigenvalue weighted by atomic mass is 10.0. The van der Waals surface area contributed by atoms with Gasteiger partial charge in [0.1, 0.15) is 5.92 Å². The minimum atomic E-state index is -0.902. The van der Waals surface area contributed by atoms with Crippen molar-refractivity contribution >= 4 is 12.0 Å². The standard InChI is InChI=1S/C13H22N2O4/c1-4-15(9-7-19-6-8(9)11(16)17)12(18)14-10-5-13(10,2)3/h8-10H,4-7H2,1-3H3,(H,14,18)(H,16,17). The summed E-state index contributed by atoms with van der Waals surface area (Å²) in [5.74, 6) is -1.53. The molecule has 1 heterocycles. The molecule has 0 spiro atoms. The molecule has 2 fully saturated rings. The molecule has 6 heteroatoms. The summed E-state index contributed by atoms with van der Waals surface area (Å²) >= 11 is 0. The number of nitrogens with one attached hydrogen (secondary N) is 1. The van der Waals surface area contributed by atoms with E-state index in [-0.39, 0.29) is 30.1 Å². The van der Waals surface area contributed by atoms with Crippen LogP contribution in [-0.2, 0) is 9.53 Å². The molecule has 0 radical (unpaired) electrons. The van der Waals surface area contributed by atoms with Crippen molar-refractivity contribution in [2.75, 3.05) is 19.8 Å². The van der Waals surface area contributed by atoms with Gasteiger partial charge in [-0.3, -0.25) is 4.79 Å². The first-order valence-electron chi connectivity index (χ1n) is 6.74. The summed E-state index contributed by atoms with van der Waals surface area (Å²) in [4.78, 5) is 25.0. The van der Waals surface area contributed by atoms with Crippen LogP contribution >= 0.6 is 0 Å². The van der Waals surface area contributed by atoms with Gasteiger partial charge >= 0.3 is 12.0 Å². The molecular weight excluding hydrogens is 248 g/mol. The molecular formula is C13H22N2O4. The SMILES string of the molecule is CCN(C(=O)NC1CC1(C)C)C1COCC1C(=O)O. The maximum atomic E-state index is 12.2. The van der Waals surface area contributed by atoms with Crippen molar-refractivity contribution in [2.24, 2.45) is 11.3 Å². The smallest absolute Gasteiger partial charge is 0.317 e. The van der Waals surface area contributed by atoms with Crippen LogP contribution in [0.4, 0.5) is 4.79 Å². The molecule has 1 aliphatic heterocycles. The second kappa shape index (κ2) is 5.00. The van der Waals surface area contributed by atoms with Crippen molar-refractivity contribution in [1.82, 2.24) is 10.2 Å². The van der Waals surface area contributed by atoms with Gasteiger partial charge in [-0.25, -0.2) is 4.79 Å². The third-order valence-electron chi connectivity index (χ3n) is 4.18. The second-order valence-corrected chi connectivity index (χ2v) is 6.03. The number of carbonyl (C=O) groups excluding carboxylic acids is 1. The van der Waals surface area contributed by atoms with Gasteiger partial charge in [0.2, 0.25) is 0 Å². The Morgan fingerprint density at radius 3 is 2.53 bits per heavy atom. The average molecular weight is 270 g/mol. The number of aliphatic carboxylic acids is 1. The number of likely N-dealkylation sites (N-methyl/N-ethyl adjacent to an activating group) is 1. The number of urea groups is 1. The quantitative estimate of drug-likeness (QED) is 0.796. The summed E-state index contributed by atoms with van der Waals surface area (Å²) in [7, 11) is 0. The van der Waals surface area contributed by atoms with E-state index in [1.807, 2.05) is 6.92 Å². The Labute approximate surface area is 113 Å². The highest BCUT2D eigenvalue weighted by Crippen LogP contribution is 2.44. The van der Waals surface area contributed by atoms with E-state index < -0.39 is 11.9 Å². The highest BCUT2D eigenvalue weighted by atomic mass is 16.5. The number of hydrogen-bond donors (Lipinski definition) is 2. The molecule has 2 amide bonds. The largest absolute Gasteiger partial charge is 0.481 e. The maximum Gasteiger partial charge on any atom is 0.317 e. The van der Waals surface area contributed by atoms with E-state index in [2.05, 4.69) is 19.2 Å². The van der Waals surface area contributed by atoms with Crippen LogP contribution in [0.15, 0.2) is 0 Å². The second-order valence-electron chi connectivity index (χ2n) is 6.03. The van der Waals surface area contributed by atoms with Crippen LogP contribution in [0.3, 0.4) is 0 Å². The third kappa shape index (κ3) is 2.83. The van der Waals surface area contributed by atoms with E-state index in [9.17, 15) is 9.59 Å². The molecule has 0 aromatic rings. The molecule has 1 aliphatic carbocycles. The number of nitrogens with zero attached hydrogens (tertiary/aromatic N) is 1. The number of carboxylic acids is 1. The fourth-order valence-corrected chi connectivity index (χ4v) is 2.56. The third-order valence-corrected chi connectivity index (χ3v) is 4.18. The van der Waals surface area contributed by atoms with E-state index in [1.165, 1.54) is 0 Å². The molecule has 19 heavy (non-hydrogen) atoms. The molecule has 1 saturated heterocycles. The fourth-order valence-electron chi connectivity index (χ4n) is 2.56. The van der Waals surface area contributed by atoms with E-state index >= 15 is 0 Å². The number of carbonyl (C=O) groups is 2. The average Bonchev–Trinajstić information content (AvgIpc) is 2.77.